The van der Waals surface area contributed by atoms with Gasteiger partial charge >= 0.3 is 5.97 Å². The number of aromatic amines is 1. The Labute approximate surface area is 114 Å². The van der Waals surface area contributed by atoms with Crippen LogP contribution >= 0.6 is 11.3 Å². The van der Waals surface area contributed by atoms with Crippen molar-refractivity contribution in [3.05, 3.63) is 22.7 Å². The van der Waals surface area contributed by atoms with Gasteiger partial charge in [0, 0.05) is 13.0 Å². The molecule has 0 spiro atoms. The van der Waals surface area contributed by atoms with Gasteiger partial charge in [-0.15, -0.1) is 0 Å². The minimum Gasteiger partial charge on any atom is -0.465 e. The van der Waals surface area contributed by atoms with Gasteiger partial charge in [-0.05, 0) is 13.3 Å². The van der Waals surface area contributed by atoms with Crippen molar-refractivity contribution in [1.82, 2.24) is 20.2 Å². The Balaban J connectivity index is 1.81. The van der Waals surface area contributed by atoms with Crippen molar-refractivity contribution < 1.29 is 9.53 Å². The highest BCUT2D eigenvalue weighted by Gasteiger charge is 2.15. The zero-order valence-corrected chi connectivity index (χ0v) is 11.6. The zero-order valence-electron chi connectivity index (χ0n) is 10.8. The first-order chi connectivity index (χ1) is 9.20. The molecule has 2 aromatic rings. The van der Waals surface area contributed by atoms with Gasteiger partial charge in [0.05, 0.1) is 12.8 Å². The molecule has 0 atom stereocenters. The third kappa shape index (κ3) is 3.50. The Morgan fingerprint density at radius 2 is 2.42 bits per heavy atom. The number of ether oxygens (including phenoxy) is 1. The summed E-state index contributed by atoms with van der Waals surface area (Å²) in [5.74, 6) is 0.525. The van der Waals surface area contributed by atoms with Gasteiger partial charge in [0.15, 0.2) is 5.13 Å². The number of nitrogens with one attached hydrogen (secondary N) is 2. The molecule has 2 rings (SSSR count). The Hall–Kier alpha value is -1.96. The minimum atomic E-state index is -0.343. The molecule has 0 aliphatic rings. The maximum absolute atomic E-state index is 11.4. The second-order valence-electron chi connectivity index (χ2n) is 3.89. The molecule has 0 radical (unpaired) electrons. The summed E-state index contributed by atoms with van der Waals surface area (Å²) >= 11 is 1.31. The summed E-state index contributed by atoms with van der Waals surface area (Å²) in [6.07, 6.45) is 3.22. The number of rotatable bonds is 6. The fourth-order valence-corrected chi connectivity index (χ4v) is 2.47. The first-order valence-electron chi connectivity index (χ1n) is 5.84. The number of esters is 1. The molecule has 7 nitrogen and oxygen atoms in total. The summed E-state index contributed by atoms with van der Waals surface area (Å²) in [6.45, 7) is 2.55. The fourth-order valence-electron chi connectivity index (χ4n) is 1.56. The molecule has 102 valence electrons. The predicted octanol–water partition coefficient (Wildman–Crippen LogP) is 1.40. The highest BCUT2D eigenvalue weighted by atomic mass is 32.1. The molecule has 2 N–H and O–H groups in total. The van der Waals surface area contributed by atoms with Crippen LogP contribution in [-0.4, -0.2) is 39.8 Å². The number of anilines is 1. The Kier molecular flexibility index (Phi) is 4.45. The van der Waals surface area contributed by atoms with Crippen LogP contribution in [-0.2, 0) is 11.2 Å². The van der Waals surface area contributed by atoms with Crippen LogP contribution in [0.25, 0.3) is 0 Å². The van der Waals surface area contributed by atoms with Gasteiger partial charge < -0.3 is 10.1 Å². The summed E-state index contributed by atoms with van der Waals surface area (Å²) in [6, 6.07) is 0. The lowest BCUT2D eigenvalue weighted by molar-refractivity contribution is 0.0605. The van der Waals surface area contributed by atoms with E-state index in [0.29, 0.717) is 10.6 Å². The lowest BCUT2D eigenvalue weighted by Crippen LogP contribution is -2.03. The maximum atomic E-state index is 11.4. The second-order valence-corrected chi connectivity index (χ2v) is 4.89. The molecule has 0 bridgehead atoms. The average Bonchev–Trinajstić information content (AvgIpc) is 3.03. The third-order valence-corrected chi connectivity index (χ3v) is 3.59. The summed E-state index contributed by atoms with van der Waals surface area (Å²) in [4.78, 5) is 20.3. The molecule has 19 heavy (non-hydrogen) atoms. The minimum absolute atomic E-state index is 0.343. The Bertz CT molecular complexity index is 537. The van der Waals surface area contributed by atoms with E-state index < -0.39 is 0 Å². The normalized spacial score (nSPS) is 10.4. The fraction of sp³-hybridized carbons (Fsp3) is 0.455. The van der Waals surface area contributed by atoms with Crippen molar-refractivity contribution >= 4 is 22.4 Å². The summed E-state index contributed by atoms with van der Waals surface area (Å²) in [5.41, 5.74) is 0.689. The van der Waals surface area contributed by atoms with Gasteiger partial charge in [0.2, 0.25) is 0 Å². The van der Waals surface area contributed by atoms with Crippen LogP contribution in [0, 0.1) is 6.92 Å². The summed E-state index contributed by atoms with van der Waals surface area (Å²) in [5, 5.41) is 10.5. The third-order valence-electron chi connectivity index (χ3n) is 2.50. The largest absolute Gasteiger partial charge is 0.465 e. The highest BCUT2D eigenvalue weighted by Crippen LogP contribution is 2.23. The SMILES string of the molecule is COC(=O)c1sc(NCCCc2ncn[nH]2)nc1C. The summed E-state index contributed by atoms with van der Waals surface area (Å²) in [7, 11) is 1.37. The molecule has 0 unspecified atom stereocenters. The van der Waals surface area contributed by atoms with E-state index in [-0.39, 0.29) is 5.97 Å². The van der Waals surface area contributed by atoms with Gasteiger partial charge in [0.1, 0.15) is 17.0 Å². The first kappa shape index (κ1) is 13.5. The Morgan fingerprint density at radius 3 is 3.11 bits per heavy atom. The number of aryl methyl sites for hydroxylation is 2. The molecule has 0 aliphatic heterocycles. The smallest absolute Gasteiger partial charge is 0.350 e. The number of methoxy groups -OCH3 is 1. The lowest BCUT2D eigenvalue weighted by Gasteiger charge is -2.00. The van der Waals surface area contributed by atoms with Crippen molar-refractivity contribution in [3.63, 3.8) is 0 Å². The van der Waals surface area contributed by atoms with E-state index in [1.807, 2.05) is 0 Å². The molecule has 8 heteroatoms. The standard InChI is InChI=1S/C11H15N5O2S/c1-7-9(10(17)18-2)19-11(15-7)12-5-3-4-8-13-6-14-16-8/h6H,3-5H2,1-2H3,(H,12,15)(H,13,14,16). The van der Waals surface area contributed by atoms with E-state index >= 15 is 0 Å². The number of nitrogens with zero attached hydrogens (tertiary/aromatic N) is 3. The van der Waals surface area contributed by atoms with Crippen LogP contribution in [0.2, 0.25) is 0 Å². The topological polar surface area (TPSA) is 92.8 Å². The summed E-state index contributed by atoms with van der Waals surface area (Å²) < 4.78 is 4.69. The molecule has 0 amide bonds. The molecular weight excluding hydrogens is 266 g/mol. The number of carbonyl (C=O) groups excluding carboxylic acids is 1. The van der Waals surface area contributed by atoms with Gasteiger partial charge in [-0.2, -0.15) is 5.10 Å². The molecule has 2 aromatic heterocycles. The van der Waals surface area contributed by atoms with Crippen LogP contribution < -0.4 is 5.32 Å². The van der Waals surface area contributed by atoms with Crippen LogP contribution in [0.5, 0.6) is 0 Å². The Morgan fingerprint density at radius 1 is 1.58 bits per heavy atom. The van der Waals surface area contributed by atoms with Crippen LogP contribution in [0.1, 0.15) is 27.6 Å². The number of hydrogen-bond donors (Lipinski definition) is 2. The van der Waals surface area contributed by atoms with Crippen molar-refractivity contribution in [3.8, 4) is 0 Å². The molecule has 0 aliphatic carbocycles. The second kappa shape index (κ2) is 6.28. The lowest BCUT2D eigenvalue weighted by atomic mass is 10.3. The molecular formula is C11H15N5O2S. The van der Waals surface area contributed by atoms with Crippen LogP contribution in [0.15, 0.2) is 6.33 Å². The van der Waals surface area contributed by atoms with Crippen molar-refractivity contribution in [1.29, 1.82) is 0 Å². The quantitative estimate of drug-likeness (QED) is 0.614. The molecule has 0 saturated carbocycles. The molecule has 2 heterocycles. The van der Waals surface area contributed by atoms with Crippen molar-refractivity contribution in [2.45, 2.75) is 19.8 Å². The van der Waals surface area contributed by atoms with E-state index in [1.54, 1.807) is 6.92 Å². The average molecular weight is 281 g/mol. The van der Waals surface area contributed by atoms with Gasteiger partial charge in [0.25, 0.3) is 0 Å². The zero-order chi connectivity index (χ0) is 13.7. The number of thiazole rings is 1. The van der Waals surface area contributed by atoms with E-state index in [9.17, 15) is 4.79 Å². The molecule has 0 aromatic carbocycles. The number of aromatic nitrogens is 4. The highest BCUT2D eigenvalue weighted by molar-refractivity contribution is 7.17. The van der Waals surface area contributed by atoms with Crippen LogP contribution in [0.4, 0.5) is 5.13 Å². The number of hydrogen-bond acceptors (Lipinski definition) is 7. The van der Waals surface area contributed by atoms with E-state index in [0.717, 1.165) is 30.3 Å². The van der Waals surface area contributed by atoms with Gasteiger partial charge in [-0.1, -0.05) is 11.3 Å². The monoisotopic (exact) mass is 281 g/mol. The van der Waals surface area contributed by atoms with Gasteiger partial charge in [-0.3, -0.25) is 5.10 Å². The predicted molar refractivity (Wildman–Crippen MR) is 71.4 cm³/mol. The van der Waals surface area contributed by atoms with E-state index in [4.69, 9.17) is 0 Å². The number of H-pyrrole nitrogens is 1. The first-order valence-corrected chi connectivity index (χ1v) is 6.66. The molecule has 0 fully saturated rings. The van der Waals surface area contributed by atoms with Crippen molar-refractivity contribution in [2.24, 2.45) is 0 Å². The number of carbonyl (C=O) groups is 1. The van der Waals surface area contributed by atoms with E-state index in [2.05, 4.69) is 30.2 Å². The van der Waals surface area contributed by atoms with E-state index in [1.165, 1.54) is 24.8 Å². The van der Waals surface area contributed by atoms with Gasteiger partial charge in [-0.25, -0.2) is 14.8 Å². The molecule has 0 saturated heterocycles. The maximum Gasteiger partial charge on any atom is 0.350 e. The van der Waals surface area contributed by atoms with Crippen molar-refractivity contribution in [2.75, 3.05) is 19.0 Å². The van der Waals surface area contributed by atoms with Crippen LogP contribution in [0.3, 0.4) is 0 Å².